The number of hydrogen-bond donors (Lipinski definition) is 1. The molecule has 1 saturated heterocycles. The lowest BCUT2D eigenvalue weighted by molar-refractivity contribution is 0.122. The van der Waals surface area contributed by atoms with Crippen LogP contribution < -0.4 is 10.6 Å². The number of anilines is 1. The minimum absolute atomic E-state index is 0.261. The van der Waals surface area contributed by atoms with Crippen molar-refractivity contribution in [2.75, 3.05) is 37.9 Å². The first kappa shape index (κ1) is 12.3. The molecule has 1 atom stereocenters. The van der Waals surface area contributed by atoms with Crippen LogP contribution >= 0.6 is 0 Å². The molecule has 94 valence electrons. The third-order valence-corrected chi connectivity index (χ3v) is 2.92. The summed E-state index contributed by atoms with van der Waals surface area (Å²) in [5, 5.41) is 0. The zero-order chi connectivity index (χ0) is 12.3. The van der Waals surface area contributed by atoms with Gasteiger partial charge in [0.25, 0.3) is 0 Å². The molecule has 1 unspecified atom stereocenters. The predicted octanol–water partition coefficient (Wildman–Crippen LogP) is 1.63. The van der Waals surface area contributed by atoms with Crippen LogP contribution in [0.2, 0.25) is 0 Å². The minimum Gasteiger partial charge on any atom is -0.378 e. The molecule has 0 saturated carbocycles. The Morgan fingerprint density at radius 3 is 2.71 bits per heavy atom. The summed E-state index contributed by atoms with van der Waals surface area (Å²) in [7, 11) is 0. The highest BCUT2D eigenvalue weighted by atomic mass is 19.1. The maximum absolute atomic E-state index is 13.7. The molecule has 1 aliphatic rings. The van der Waals surface area contributed by atoms with Crippen LogP contribution in [0.3, 0.4) is 0 Å². The van der Waals surface area contributed by atoms with Gasteiger partial charge in [0.15, 0.2) is 0 Å². The smallest absolute Gasteiger partial charge is 0.130 e. The van der Waals surface area contributed by atoms with Crippen molar-refractivity contribution in [3.05, 3.63) is 29.6 Å². The standard InChI is InChI=1S/C12H16F2N2O/c13-8-10(15)12-9(14)2-1-3-11(12)16-4-6-17-7-5-16/h1-3,10H,4-8,15H2. The van der Waals surface area contributed by atoms with Gasteiger partial charge < -0.3 is 15.4 Å². The van der Waals surface area contributed by atoms with Gasteiger partial charge in [-0.15, -0.1) is 0 Å². The zero-order valence-electron chi connectivity index (χ0n) is 9.53. The van der Waals surface area contributed by atoms with E-state index >= 15 is 0 Å². The number of nitrogens with zero attached hydrogens (tertiary/aromatic N) is 1. The molecule has 5 heteroatoms. The van der Waals surface area contributed by atoms with Crippen molar-refractivity contribution in [3.8, 4) is 0 Å². The third-order valence-electron chi connectivity index (χ3n) is 2.92. The summed E-state index contributed by atoms with van der Waals surface area (Å²) in [5.41, 5.74) is 6.57. The third kappa shape index (κ3) is 2.56. The zero-order valence-corrected chi connectivity index (χ0v) is 9.53. The number of morpholine rings is 1. The predicted molar refractivity (Wildman–Crippen MR) is 62.3 cm³/mol. The fraction of sp³-hybridized carbons (Fsp3) is 0.500. The van der Waals surface area contributed by atoms with Crippen LogP contribution in [0.25, 0.3) is 0 Å². The first-order valence-electron chi connectivity index (χ1n) is 5.66. The molecule has 0 spiro atoms. The molecule has 1 aliphatic heterocycles. The van der Waals surface area contributed by atoms with E-state index in [9.17, 15) is 8.78 Å². The Kier molecular flexibility index (Phi) is 3.91. The lowest BCUT2D eigenvalue weighted by atomic mass is 10.0. The van der Waals surface area contributed by atoms with E-state index in [1.54, 1.807) is 12.1 Å². The van der Waals surface area contributed by atoms with Crippen molar-refractivity contribution < 1.29 is 13.5 Å². The van der Waals surface area contributed by atoms with Crippen LogP contribution in [0.5, 0.6) is 0 Å². The van der Waals surface area contributed by atoms with Crippen LogP contribution in [0.15, 0.2) is 18.2 Å². The van der Waals surface area contributed by atoms with E-state index in [0.717, 1.165) is 0 Å². The van der Waals surface area contributed by atoms with Crippen molar-refractivity contribution >= 4 is 5.69 Å². The Hall–Kier alpha value is -1.20. The number of halogens is 2. The van der Waals surface area contributed by atoms with Gasteiger partial charge >= 0.3 is 0 Å². The van der Waals surface area contributed by atoms with Gasteiger partial charge in [-0.2, -0.15) is 0 Å². The van der Waals surface area contributed by atoms with Gasteiger partial charge in [0.2, 0.25) is 0 Å². The van der Waals surface area contributed by atoms with Gasteiger partial charge in [0, 0.05) is 24.3 Å². The number of rotatable bonds is 3. The molecule has 1 heterocycles. The SMILES string of the molecule is NC(CF)c1c(F)cccc1N1CCOCC1. The van der Waals surface area contributed by atoms with E-state index in [-0.39, 0.29) is 5.56 Å². The van der Waals surface area contributed by atoms with E-state index in [0.29, 0.717) is 32.0 Å². The number of alkyl halides is 1. The first-order valence-corrected chi connectivity index (χ1v) is 5.66. The summed E-state index contributed by atoms with van der Waals surface area (Å²) in [6, 6.07) is 3.80. The van der Waals surface area contributed by atoms with Crippen molar-refractivity contribution in [1.29, 1.82) is 0 Å². The van der Waals surface area contributed by atoms with Crippen LogP contribution in [-0.4, -0.2) is 33.0 Å². The summed E-state index contributed by atoms with van der Waals surface area (Å²) in [4.78, 5) is 1.98. The second-order valence-electron chi connectivity index (χ2n) is 4.03. The highest BCUT2D eigenvalue weighted by Gasteiger charge is 2.21. The summed E-state index contributed by atoms with van der Waals surface area (Å²) in [6.07, 6.45) is 0. The lowest BCUT2D eigenvalue weighted by Gasteiger charge is -2.31. The monoisotopic (exact) mass is 242 g/mol. The van der Waals surface area contributed by atoms with Gasteiger partial charge in [0.05, 0.1) is 19.3 Å². The molecule has 0 radical (unpaired) electrons. The molecule has 0 amide bonds. The molecule has 0 aliphatic carbocycles. The van der Waals surface area contributed by atoms with Gasteiger partial charge in [-0.25, -0.2) is 8.78 Å². The fourth-order valence-electron chi connectivity index (χ4n) is 2.05. The molecule has 3 nitrogen and oxygen atoms in total. The summed E-state index contributed by atoms with van der Waals surface area (Å²) < 4.78 is 31.6. The van der Waals surface area contributed by atoms with Crippen LogP contribution in [0.1, 0.15) is 11.6 Å². The average Bonchev–Trinajstić information content (AvgIpc) is 2.38. The van der Waals surface area contributed by atoms with Gasteiger partial charge in [0.1, 0.15) is 12.5 Å². The van der Waals surface area contributed by atoms with Gasteiger partial charge in [-0.1, -0.05) is 6.07 Å². The maximum atomic E-state index is 13.7. The minimum atomic E-state index is -0.908. The number of ether oxygens (including phenoxy) is 1. The molecule has 1 aromatic carbocycles. The largest absolute Gasteiger partial charge is 0.378 e. The highest BCUT2D eigenvalue weighted by Crippen LogP contribution is 2.28. The van der Waals surface area contributed by atoms with Crippen molar-refractivity contribution in [1.82, 2.24) is 0 Å². The Balaban J connectivity index is 2.34. The van der Waals surface area contributed by atoms with Gasteiger partial charge in [-0.05, 0) is 12.1 Å². The Bertz CT molecular complexity index is 381. The fourth-order valence-corrected chi connectivity index (χ4v) is 2.05. The molecule has 1 aromatic rings. The summed E-state index contributed by atoms with van der Waals surface area (Å²) in [5.74, 6) is -0.445. The molecule has 0 aromatic heterocycles. The molecular formula is C12H16F2N2O. The van der Waals surface area contributed by atoms with Crippen LogP contribution in [0, 0.1) is 5.82 Å². The lowest BCUT2D eigenvalue weighted by Crippen LogP contribution is -2.37. The van der Waals surface area contributed by atoms with Gasteiger partial charge in [-0.3, -0.25) is 0 Å². The maximum Gasteiger partial charge on any atom is 0.130 e. The summed E-state index contributed by atoms with van der Waals surface area (Å²) >= 11 is 0. The number of benzene rings is 1. The molecular weight excluding hydrogens is 226 g/mol. The van der Waals surface area contributed by atoms with E-state index < -0.39 is 18.5 Å². The Labute approximate surface area is 99.2 Å². The molecule has 1 fully saturated rings. The first-order chi connectivity index (χ1) is 8.24. The number of nitrogens with two attached hydrogens (primary N) is 1. The molecule has 0 bridgehead atoms. The second-order valence-corrected chi connectivity index (χ2v) is 4.03. The van der Waals surface area contributed by atoms with E-state index in [1.165, 1.54) is 6.07 Å². The molecule has 2 rings (SSSR count). The Morgan fingerprint density at radius 2 is 2.06 bits per heavy atom. The normalized spacial score (nSPS) is 18.2. The van der Waals surface area contributed by atoms with Crippen molar-refractivity contribution in [2.45, 2.75) is 6.04 Å². The number of hydrogen-bond acceptors (Lipinski definition) is 3. The van der Waals surface area contributed by atoms with E-state index in [4.69, 9.17) is 10.5 Å². The second kappa shape index (κ2) is 5.42. The van der Waals surface area contributed by atoms with Crippen molar-refractivity contribution in [2.24, 2.45) is 5.73 Å². The van der Waals surface area contributed by atoms with E-state index in [1.807, 2.05) is 4.90 Å². The van der Waals surface area contributed by atoms with Crippen LogP contribution in [0.4, 0.5) is 14.5 Å². The van der Waals surface area contributed by atoms with E-state index in [2.05, 4.69) is 0 Å². The van der Waals surface area contributed by atoms with Crippen molar-refractivity contribution in [3.63, 3.8) is 0 Å². The Morgan fingerprint density at radius 1 is 1.35 bits per heavy atom. The molecule has 2 N–H and O–H groups in total. The molecule has 17 heavy (non-hydrogen) atoms. The quantitative estimate of drug-likeness (QED) is 0.875. The average molecular weight is 242 g/mol. The highest BCUT2D eigenvalue weighted by molar-refractivity contribution is 5.56. The topological polar surface area (TPSA) is 38.5 Å². The van der Waals surface area contributed by atoms with Crippen LogP contribution in [-0.2, 0) is 4.74 Å². The summed E-state index contributed by atoms with van der Waals surface area (Å²) in [6.45, 7) is 1.78.